The molecule has 4 nitrogen and oxygen atoms in total. The summed E-state index contributed by atoms with van der Waals surface area (Å²) in [6, 6.07) is 3.81. The molecule has 1 amide bonds. The van der Waals surface area contributed by atoms with Gasteiger partial charge in [0, 0.05) is 18.5 Å². The van der Waals surface area contributed by atoms with E-state index in [0.29, 0.717) is 19.4 Å². The minimum absolute atomic E-state index is 0.0343. The van der Waals surface area contributed by atoms with Crippen LogP contribution in [0, 0.1) is 5.82 Å². The van der Waals surface area contributed by atoms with E-state index in [1.807, 2.05) is 0 Å². The molecular formula is C12H13ClFNO3. The molecule has 1 rings (SSSR count). The van der Waals surface area contributed by atoms with Crippen LogP contribution in [-0.4, -0.2) is 23.5 Å². The van der Waals surface area contributed by atoms with E-state index in [-0.39, 0.29) is 17.0 Å². The van der Waals surface area contributed by atoms with Crippen LogP contribution >= 0.6 is 11.6 Å². The van der Waals surface area contributed by atoms with Crippen molar-refractivity contribution in [1.29, 1.82) is 0 Å². The SMILES string of the molecule is O=C(O)CCCCNC(=O)c1ccc(Cl)c(F)c1. The maximum absolute atomic E-state index is 13.1. The van der Waals surface area contributed by atoms with Crippen LogP contribution in [0.15, 0.2) is 18.2 Å². The fraction of sp³-hybridized carbons (Fsp3) is 0.333. The fourth-order valence-corrected chi connectivity index (χ4v) is 1.46. The van der Waals surface area contributed by atoms with Crippen LogP contribution in [-0.2, 0) is 4.79 Å². The average Bonchev–Trinajstić information content (AvgIpc) is 2.31. The Morgan fingerprint density at radius 3 is 2.67 bits per heavy atom. The summed E-state index contributed by atoms with van der Waals surface area (Å²) in [5.74, 6) is -1.91. The van der Waals surface area contributed by atoms with Crippen LogP contribution in [0.4, 0.5) is 4.39 Å². The summed E-state index contributed by atoms with van der Waals surface area (Å²) in [4.78, 5) is 21.8. The first kappa shape index (κ1) is 14.4. The number of nitrogens with one attached hydrogen (secondary N) is 1. The highest BCUT2D eigenvalue weighted by atomic mass is 35.5. The molecule has 0 atom stereocenters. The van der Waals surface area contributed by atoms with Gasteiger partial charge >= 0.3 is 5.97 Å². The van der Waals surface area contributed by atoms with E-state index in [1.54, 1.807) is 0 Å². The van der Waals surface area contributed by atoms with Crippen LogP contribution in [0.25, 0.3) is 0 Å². The molecule has 0 aliphatic heterocycles. The van der Waals surface area contributed by atoms with Crippen molar-refractivity contribution in [2.45, 2.75) is 19.3 Å². The number of carboxylic acids is 1. The van der Waals surface area contributed by atoms with Gasteiger partial charge in [0.1, 0.15) is 5.82 Å². The van der Waals surface area contributed by atoms with Crippen LogP contribution in [0.3, 0.4) is 0 Å². The predicted molar refractivity (Wildman–Crippen MR) is 65.2 cm³/mol. The minimum atomic E-state index is -0.860. The number of rotatable bonds is 6. The molecule has 0 unspecified atom stereocenters. The van der Waals surface area contributed by atoms with Crippen molar-refractivity contribution in [3.63, 3.8) is 0 Å². The number of amides is 1. The molecule has 1 aromatic carbocycles. The summed E-state index contributed by atoms with van der Waals surface area (Å²) >= 11 is 5.50. The number of carboxylic acid groups (broad SMARTS) is 1. The summed E-state index contributed by atoms with van der Waals surface area (Å²) in [6.45, 7) is 0.357. The van der Waals surface area contributed by atoms with Crippen molar-refractivity contribution < 1.29 is 19.1 Å². The summed E-state index contributed by atoms with van der Waals surface area (Å²) in [7, 11) is 0. The van der Waals surface area contributed by atoms with Gasteiger partial charge in [-0.2, -0.15) is 0 Å². The first-order valence-corrected chi connectivity index (χ1v) is 5.83. The van der Waals surface area contributed by atoms with Crippen molar-refractivity contribution in [2.75, 3.05) is 6.54 Å². The number of hydrogen-bond donors (Lipinski definition) is 2. The average molecular weight is 274 g/mol. The highest BCUT2D eigenvalue weighted by Gasteiger charge is 2.08. The second-order valence-corrected chi connectivity index (χ2v) is 4.14. The fourth-order valence-electron chi connectivity index (χ4n) is 1.34. The zero-order valence-corrected chi connectivity index (χ0v) is 10.3. The van der Waals surface area contributed by atoms with Gasteiger partial charge in [0.25, 0.3) is 5.91 Å². The quantitative estimate of drug-likeness (QED) is 0.783. The zero-order valence-electron chi connectivity index (χ0n) is 9.58. The van der Waals surface area contributed by atoms with Crippen LogP contribution < -0.4 is 5.32 Å². The molecule has 0 aromatic heterocycles. The third kappa shape index (κ3) is 4.71. The molecule has 0 fully saturated rings. The number of halogens is 2. The number of hydrogen-bond acceptors (Lipinski definition) is 2. The number of benzene rings is 1. The molecule has 0 saturated heterocycles. The lowest BCUT2D eigenvalue weighted by Crippen LogP contribution is -2.24. The largest absolute Gasteiger partial charge is 0.481 e. The van der Waals surface area contributed by atoms with Crippen molar-refractivity contribution in [1.82, 2.24) is 5.32 Å². The lowest BCUT2D eigenvalue weighted by molar-refractivity contribution is -0.137. The smallest absolute Gasteiger partial charge is 0.303 e. The Balaban J connectivity index is 2.36. The second kappa shape index (κ2) is 6.96. The van der Waals surface area contributed by atoms with Crippen LogP contribution in [0.2, 0.25) is 5.02 Å². The Morgan fingerprint density at radius 2 is 2.06 bits per heavy atom. The van der Waals surface area contributed by atoms with Gasteiger partial charge in [-0.25, -0.2) is 4.39 Å². The molecule has 18 heavy (non-hydrogen) atoms. The van der Waals surface area contributed by atoms with E-state index >= 15 is 0 Å². The third-order valence-electron chi connectivity index (χ3n) is 2.28. The van der Waals surface area contributed by atoms with Crippen LogP contribution in [0.1, 0.15) is 29.6 Å². The summed E-state index contributed by atoms with van der Waals surface area (Å²) < 4.78 is 13.1. The molecule has 1 aromatic rings. The van der Waals surface area contributed by atoms with E-state index in [9.17, 15) is 14.0 Å². The molecule has 0 spiro atoms. The molecule has 0 saturated carbocycles. The molecule has 0 aliphatic rings. The van der Waals surface area contributed by atoms with Gasteiger partial charge in [-0.1, -0.05) is 11.6 Å². The zero-order chi connectivity index (χ0) is 13.5. The number of carbonyl (C=O) groups is 2. The molecular weight excluding hydrogens is 261 g/mol. The highest BCUT2D eigenvalue weighted by Crippen LogP contribution is 2.15. The first-order chi connectivity index (χ1) is 8.50. The summed E-state index contributed by atoms with van der Waals surface area (Å²) in [5, 5.41) is 11.0. The topological polar surface area (TPSA) is 66.4 Å². The molecule has 2 N–H and O–H groups in total. The van der Waals surface area contributed by atoms with Crippen molar-refractivity contribution >= 4 is 23.5 Å². The summed E-state index contributed by atoms with van der Waals surface area (Å²) in [6.07, 6.45) is 1.13. The molecule has 98 valence electrons. The number of aliphatic carboxylic acids is 1. The maximum Gasteiger partial charge on any atom is 0.303 e. The third-order valence-corrected chi connectivity index (χ3v) is 2.59. The van der Waals surface area contributed by atoms with E-state index in [2.05, 4.69) is 5.32 Å². The van der Waals surface area contributed by atoms with Gasteiger partial charge in [-0.3, -0.25) is 9.59 Å². The monoisotopic (exact) mass is 273 g/mol. The Bertz CT molecular complexity index is 451. The van der Waals surface area contributed by atoms with E-state index in [1.165, 1.54) is 12.1 Å². The van der Waals surface area contributed by atoms with Gasteiger partial charge in [0.2, 0.25) is 0 Å². The standard InChI is InChI=1S/C12H13ClFNO3/c13-9-5-4-8(7-10(9)14)12(18)15-6-2-1-3-11(16)17/h4-5,7H,1-3,6H2,(H,15,18)(H,16,17). The second-order valence-electron chi connectivity index (χ2n) is 3.74. The lowest BCUT2D eigenvalue weighted by Gasteiger charge is -2.05. The highest BCUT2D eigenvalue weighted by molar-refractivity contribution is 6.30. The van der Waals surface area contributed by atoms with Crippen molar-refractivity contribution in [3.05, 3.63) is 34.6 Å². The van der Waals surface area contributed by atoms with E-state index in [4.69, 9.17) is 16.7 Å². The Kier molecular flexibility index (Phi) is 5.58. The molecule has 0 aliphatic carbocycles. The van der Waals surface area contributed by atoms with Gasteiger partial charge in [0.05, 0.1) is 5.02 Å². The van der Waals surface area contributed by atoms with Gasteiger partial charge < -0.3 is 10.4 Å². The van der Waals surface area contributed by atoms with E-state index in [0.717, 1.165) is 6.07 Å². The van der Waals surface area contributed by atoms with Gasteiger partial charge in [-0.15, -0.1) is 0 Å². The normalized spacial score (nSPS) is 10.1. The van der Waals surface area contributed by atoms with Crippen molar-refractivity contribution in [2.24, 2.45) is 0 Å². The predicted octanol–water partition coefficient (Wildman–Crippen LogP) is 2.46. The first-order valence-electron chi connectivity index (χ1n) is 5.45. The Morgan fingerprint density at radius 1 is 1.33 bits per heavy atom. The van der Waals surface area contributed by atoms with Crippen molar-refractivity contribution in [3.8, 4) is 0 Å². The molecule has 0 bridgehead atoms. The van der Waals surface area contributed by atoms with Crippen LogP contribution in [0.5, 0.6) is 0 Å². The number of unbranched alkanes of at least 4 members (excludes halogenated alkanes) is 1. The Labute approximate surface area is 109 Å². The van der Waals surface area contributed by atoms with Gasteiger partial charge in [-0.05, 0) is 31.0 Å². The van der Waals surface area contributed by atoms with E-state index < -0.39 is 17.7 Å². The molecule has 6 heteroatoms. The lowest BCUT2D eigenvalue weighted by atomic mass is 10.2. The molecule has 0 radical (unpaired) electrons. The Hall–Kier alpha value is -1.62. The maximum atomic E-state index is 13.1. The minimum Gasteiger partial charge on any atom is -0.481 e. The molecule has 0 heterocycles. The summed E-state index contributed by atoms with van der Waals surface area (Å²) in [5.41, 5.74) is 0.190. The van der Waals surface area contributed by atoms with Gasteiger partial charge in [0.15, 0.2) is 0 Å². The number of carbonyl (C=O) groups excluding carboxylic acids is 1.